The molecule has 5 aromatic rings. The predicted molar refractivity (Wildman–Crippen MR) is 161 cm³/mol. The lowest BCUT2D eigenvalue weighted by Gasteiger charge is -2.23. The first-order chi connectivity index (χ1) is 18.5. The highest BCUT2D eigenvalue weighted by Gasteiger charge is 2.40. The molecule has 186 valence electrons. The van der Waals surface area contributed by atoms with E-state index in [9.17, 15) is 0 Å². The molecule has 1 unspecified atom stereocenters. The van der Waals surface area contributed by atoms with Gasteiger partial charge < -0.3 is 10.3 Å². The van der Waals surface area contributed by atoms with Gasteiger partial charge in [-0.3, -0.25) is 0 Å². The van der Waals surface area contributed by atoms with Crippen molar-refractivity contribution in [2.45, 2.75) is 38.6 Å². The molecule has 3 heteroatoms. The average Bonchev–Trinajstić information content (AvgIpc) is 3.41. The van der Waals surface area contributed by atoms with Crippen molar-refractivity contribution in [1.82, 2.24) is 9.55 Å². The van der Waals surface area contributed by atoms with Crippen LogP contribution in [-0.2, 0) is 5.41 Å². The van der Waals surface area contributed by atoms with Crippen LogP contribution in [0.5, 0.6) is 0 Å². The van der Waals surface area contributed by atoms with Crippen molar-refractivity contribution in [3.8, 4) is 11.3 Å². The van der Waals surface area contributed by atoms with Gasteiger partial charge in [-0.1, -0.05) is 105 Å². The van der Waals surface area contributed by atoms with Gasteiger partial charge in [0, 0.05) is 27.3 Å². The van der Waals surface area contributed by atoms with E-state index in [0.717, 1.165) is 39.8 Å². The van der Waals surface area contributed by atoms with Crippen LogP contribution >= 0.6 is 0 Å². The molecule has 3 aromatic carbocycles. The molecule has 0 radical (unpaired) electrons. The number of para-hydroxylation sites is 1. The van der Waals surface area contributed by atoms with Crippen LogP contribution in [0.15, 0.2) is 97.1 Å². The van der Waals surface area contributed by atoms with E-state index in [2.05, 4.69) is 109 Å². The van der Waals surface area contributed by atoms with Gasteiger partial charge in [0.1, 0.15) is 0 Å². The van der Waals surface area contributed by atoms with E-state index in [4.69, 9.17) is 10.7 Å². The third-order valence-corrected chi connectivity index (χ3v) is 8.35. The van der Waals surface area contributed by atoms with Crippen LogP contribution in [-0.4, -0.2) is 9.55 Å². The summed E-state index contributed by atoms with van der Waals surface area (Å²) in [7, 11) is 0. The molecule has 2 aromatic heterocycles. The van der Waals surface area contributed by atoms with Crippen molar-refractivity contribution in [3.05, 3.63) is 119 Å². The molecule has 2 aliphatic rings. The maximum Gasteiger partial charge on any atom is 0.0944 e. The molecule has 7 rings (SSSR count). The molecule has 0 bridgehead atoms. The van der Waals surface area contributed by atoms with E-state index in [1.807, 2.05) is 19.1 Å². The number of nitrogen functional groups attached to an aromatic ring is 1. The van der Waals surface area contributed by atoms with Crippen molar-refractivity contribution in [3.63, 3.8) is 0 Å². The summed E-state index contributed by atoms with van der Waals surface area (Å²) in [4.78, 5) is 5.06. The van der Waals surface area contributed by atoms with Crippen LogP contribution in [0.3, 0.4) is 0 Å². The Hall–Kier alpha value is -4.37. The molecule has 0 aliphatic heterocycles. The lowest BCUT2D eigenvalue weighted by molar-refractivity contribution is 0.631. The minimum absolute atomic E-state index is 0.0457. The summed E-state index contributed by atoms with van der Waals surface area (Å²) in [5.41, 5.74) is 18.0. The number of fused-ring (bicyclic) bond motifs is 6. The van der Waals surface area contributed by atoms with Gasteiger partial charge in [0.2, 0.25) is 0 Å². The minimum atomic E-state index is -0.0457. The SMILES string of the molecule is C/C=C\c1ccc2ccc(C3=CC(n4c5c(c6ccccc64)C(C)(C)c4ccccc4-5)CC=C3)nc2c1N. The highest BCUT2D eigenvalue weighted by molar-refractivity contribution is 5.98. The Labute approximate surface area is 223 Å². The van der Waals surface area contributed by atoms with Gasteiger partial charge in [0.05, 0.1) is 28.6 Å². The van der Waals surface area contributed by atoms with Crippen molar-refractivity contribution in [1.29, 1.82) is 0 Å². The fraction of sp³-hybridized carbons (Fsp3) is 0.171. The highest BCUT2D eigenvalue weighted by Crippen LogP contribution is 2.54. The number of anilines is 1. The van der Waals surface area contributed by atoms with Crippen LogP contribution < -0.4 is 5.73 Å². The number of aromatic nitrogens is 2. The summed E-state index contributed by atoms with van der Waals surface area (Å²) < 4.78 is 2.57. The van der Waals surface area contributed by atoms with Gasteiger partial charge in [0.15, 0.2) is 0 Å². The van der Waals surface area contributed by atoms with Crippen LogP contribution in [0.1, 0.15) is 55.6 Å². The fourth-order valence-electron chi connectivity index (χ4n) is 6.60. The molecule has 2 heterocycles. The maximum atomic E-state index is 6.55. The standard InChI is InChI=1S/C35H31N3/c1-4-10-22-17-18-23-19-20-29(37-33(23)32(22)36)24-11-9-12-25(21-24)38-30-16-8-6-14-27(30)31-34(38)26-13-5-7-15-28(26)35(31,2)3/h4-11,13-21,25H,12,36H2,1-3H3/b10-4-. The number of nitrogens with zero attached hydrogens (tertiary/aromatic N) is 2. The summed E-state index contributed by atoms with van der Waals surface area (Å²) >= 11 is 0. The summed E-state index contributed by atoms with van der Waals surface area (Å²) in [6, 6.07) is 26.4. The summed E-state index contributed by atoms with van der Waals surface area (Å²) in [5, 5.41) is 2.41. The summed E-state index contributed by atoms with van der Waals surface area (Å²) in [6.45, 7) is 6.73. The molecule has 0 saturated heterocycles. The van der Waals surface area contributed by atoms with Crippen molar-refractivity contribution in [2.75, 3.05) is 5.73 Å². The largest absolute Gasteiger partial charge is 0.396 e. The molecule has 0 saturated carbocycles. The zero-order valence-corrected chi connectivity index (χ0v) is 22.1. The molecule has 0 amide bonds. The van der Waals surface area contributed by atoms with E-state index in [1.165, 1.54) is 33.3 Å². The third-order valence-electron chi connectivity index (χ3n) is 8.35. The second kappa shape index (κ2) is 8.32. The summed E-state index contributed by atoms with van der Waals surface area (Å²) in [5.74, 6) is 0. The molecular weight excluding hydrogens is 462 g/mol. The van der Waals surface area contributed by atoms with E-state index in [-0.39, 0.29) is 11.5 Å². The Balaban J connectivity index is 1.41. The smallest absolute Gasteiger partial charge is 0.0944 e. The lowest BCUT2D eigenvalue weighted by Crippen LogP contribution is -2.14. The first-order valence-electron chi connectivity index (χ1n) is 13.4. The zero-order valence-electron chi connectivity index (χ0n) is 22.1. The van der Waals surface area contributed by atoms with Crippen LogP contribution in [0.2, 0.25) is 0 Å². The Bertz CT molecular complexity index is 1840. The van der Waals surface area contributed by atoms with Gasteiger partial charge in [-0.25, -0.2) is 4.98 Å². The Morgan fingerprint density at radius 3 is 2.63 bits per heavy atom. The van der Waals surface area contributed by atoms with Gasteiger partial charge in [0.25, 0.3) is 0 Å². The maximum absolute atomic E-state index is 6.55. The molecule has 0 spiro atoms. The first kappa shape index (κ1) is 22.8. The third kappa shape index (κ3) is 3.18. The van der Waals surface area contributed by atoms with E-state index < -0.39 is 0 Å². The lowest BCUT2D eigenvalue weighted by atomic mass is 9.81. The van der Waals surface area contributed by atoms with Gasteiger partial charge in [-0.2, -0.15) is 0 Å². The second-order valence-corrected chi connectivity index (χ2v) is 10.9. The second-order valence-electron chi connectivity index (χ2n) is 10.9. The van der Waals surface area contributed by atoms with Crippen molar-refractivity contribution >= 4 is 39.1 Å². The van der Waals surface area contributed by atoms with Crippen molar-refractivity contribution in [2.24, 2.45) is 0 Å². The number of rotatable bonds is 3. The number of hydrogen-bond donors (Lipinski definition) is 1. The normalized spacial score (nSPS) is 17.8. The highest BCUT2D eigenvalue weighted by atomic mass is 15.0. The number of benzene rings is 3. The van der Waals surface area contributed by atoms with Crippen molar-refractivity contribution < 1.29 is 0 Å². The average molecular weight is 494 g/mol. The number of nitrogens with two attached hydrogens (primary N) is 1. The number of pyridine rings is 1. The molecule has 38 heavy (non-hydrogen) atoms. The zero-order chi connectivity index (χ0) is 26.0. The number of hydrogen-bond acceptors (Lipinski definition) is 2. The Kier molecular flexibility index (Phi) is 4.99. The molecule has 3 nitrogen and oxygen atoms in total. The topological polar surface area (TPSA) is 43.8 Å². The number of allylic oxidation sites excluding steroid dienone is 5. The molecule has 1 atom stereocenters. The Morgan fingerprint density at radius 2 is 1.76 bits per heavy atom. The molecule has 0 fully saturated rings. The van der Waals surface area contributed by atoms with E-state index in [1.54, 1.807) is 0 Å². The van der Waals surface area contributed by atoms with Gasteiger partial charge >= 0.3 is 0 Å². The van der Waals surface area contributed by atoms with Crippen LogP contribution in [0.4, 0.5) is 5.69 Å². The monoisotopic (exact) mass is 493 g/mol. The van der Waals surface area contributed by atoms with Crippen LogP contribution in [0, 0.1) is 0 Å². The van der Waals surface area contributed by atoms with E-state index in [0.29, 0.717) is 0 Å². The van der Waals surface area contributed by atoms with Crippen LogP contribution in [0.25, 0.3) is 44.7 Å². The fourth-order valence-corrected chi connectivity index (χ4v) is 6.60. The molecule has 2 aliphatic carbocycles. The molecular formula is C35H31N3. The quantitative estimate of drug-likeness (QED) is 0.255. The van der Waals surface area contributed by atoms with E-state index >= 15 is 0 Å². The van der Waals surface area contributed by atoms with Gasteiger partial charge in [-0.15, -0.1) is 0 Å². The molecule has 2 N–H and O–H groups in total. The first-order valence-corrected chi connectivity index (χ1v) is 13.4. The summed E-state index contributed by atoms with van der Waals surface area (Å²) in [6.07, 6.45) is 11.9. The Morgan fingerprint density at radius 1 is 0.974 bits per heavy atom. The van der Waals surface area contributed by atoms with Gasteiger partial charge in [-0.05, 0) is 47.7 Å². The predicted octanol–water partition coefficient (Wildman–Crippen LogP) is 8.70. The minimum Gasteiger partial charge on any atom is -0.396 e.